The fraction of sp³-hybridized carbons (Fsp3) is 0.372. The zero-order chi connectivity index (χ0) is 39.2. The molecule has 13 heteroatoms. The van der Waals surface area contributed by atoms with E-state index in [-0.39, 0.29) is 36.7 Å². The van der Waals surface area contributed by atoms with Crippen molar-refractivity contribution in [3.8, 4) is 5.69 Å². The minimum atomic E-state index is -0.292. The highest BCUT2D eigenvalue weighted by Crippen LogP contribution is 2.34. The summed E-state index contributed by atoms with van der Waals surface area (Å²) in [7, 11) is 6.00. The van der Waals surface area contributed by atoms with Gasteiger partial charge in [-0.25, -0.2) is 4.98 Å². The van der Waals surface area contributed by atoms with Crippen molar-refractivity contribution >= 4 is 45.2 Å². The van der Waals surface area contributed by atoms with Crippen LogP contribution < -0.4 is 0 Å². The summed E-state index contributed by atoms with van der Waals surface area (Å²) in [6.45, 7) is 6.50. The molecule has 56 heavy (non-hydrogen) atoms. The molecular weight excluding hydrogens is 711 g/mol. The predicted octanol–water partition coefficient (Wildman–Crippen LogP) is 4.29. The van der Waals surface area contributed by atoms with Crippen LogP contribution in [0.4, 0.5) is 0 Å². The van der Waals surface area contributed by atoms with E-state index in [1.54, 1.807) is 36.8 Å². The lowest BCUT2D eigenvalue weighted by molar-refractivity contribution is 0.0328. The van der Waals surface area contributed by atoms with Crippen LogP contribution in [-0.2, 0) is 9.47 Å². The summed E-state index contributed by atoms with van der Waals surface area (Å²) in [5.74, 6) is -1.13. The van der Waals surface area contributed by atoms with Gasteiger partial charge in [0.25, 0.3) is 23.6 Å². The summed E-state index contributed by atoms with van der Waals surface area (Å²) >= 11 is 0. The Bertz CT molecular complexity index is 2150. The van der Waals surface area contributed by atoms with E-state index in [0.29, 0.717) is 86.8 Å². The molecule has 0 spiro atoms. The second-order valence-electron chi connectivity index (χ2n) is 14.6. The van der Waals surface area contributed by atoms with Crippen LogP contribution in [-0.4, -0.2) is 158 Å². The lowest BCUT2D eigenvalue weighted by Gasteiger charge is -2.31. The number of imidazole rings is 1. The van der Waals surface area contributed by atoms with Gasteiger partial charge in [0.05, 0.1) is 38.4 Å². The average Bonchev–Trinajstić information content (AvgIpc) is 3.74. The van der Waals surface area contributed by atoms with Crippen LogP contribution in [0.3, 0.4) is 0 Å². The molecule has 2 aliphatic rings. The number of carbonyl (C=O) groups is 4. The normalized spacial score (nSPS) is 14.2. The molecular formula is C43H49N7O6. The van der Waals surface area contributed by atoms with E-state index in [0.717, 1.165) is 34.8 Å². The monoisotopic (exact) mass is 759 g/mol. The van der Waals surface area contributed by atoms with Gasteiger partial charge in [-0.2, -0.15) is 0 Å². The Kier molecular flexibility index (Phi) is 12.3. The number of ether oxygens (including phenoxy) is 2. The Morgan fingerprint density at radius 1 is 0.589 bits per heavy atom. The van der Waals surface area contributed by atoms with Crippen LogP contribution in [0, 0.1) is 0 Å². The standard InChI is InChI=1S/C43H49N7O6/c1-45(2)24-26-55-28-29-56-27-25-47(21-23-50-40(51)33-11-4-8-31-9-5-12-34(38(31)33)41(50)52)18-7-17-46(3)20-22-49-42(53)35-13-6-10-32-37(48-19-16-44-30-48)15-14-36(39(32)35)43(49)54/h4-6,8-16,19,30H,7,17-18,20-29H2,1-3H3. The first-order valence-corrected chi connectivity index (χ1v) is 19.2. The zero-order valence-corrected chi connectivity index (χ0v) is 32.4. The molecule has 13 nitrogen and oxygen atoms in total. The van der Waals surface area contributed by atoms with Gasteiger partial charge in [-0.1, -0.05) is 36.4 Å². The quantitative estimate of drug-likeness (QED) is 0.0840. The number of rotatable bonds is 20. The number of nitrogens with zero attached hydrogens (tertiary/aromatic N) is 7. The molecule has 0 aliphatic carbocycles. The Hall–Kier alpha value is -5.31. The van der Waals surface area contributed by atoms with Crippen molar-refractivity contribution in [3.63, 3.8) is 0 Å². The van der Waals surface area contributed by atoms with Crippen LogP contribution in [0.15, 0.2) is 85.5 Å². The highest BCUT2D eigenvalue weighted by atomic mass is 16.5. The summed E-state index contributed by atoms with van der Waals surface area (Å²) < 4.78 is 13.4. The third-order valence-corrected chi connectivity index (χ3v) is 10.6. The summed E-state index contributed by atoms with van der Waals surface area (Å²) in [6, 6.07) is 20.4. The van der Waals surface area contributed by atoms with E-state index in [4.69, 9.17) is 9.47 Å². The van der Waals surface area contributed by atoms with Crippen LogP contribution in [0.25, 0.3) is 27.2 Å². The Balaban J connectivity index is 0.942. The molecule has 5 aromatic rings. The number of amides is 4. The summed E-state index contributed by atoms with van der Waals surface area (Å²) in [4.78, 5) is 67.8. The topological polar surface area (TPSA) is 121 Å². The Morgan fingerprint density at radius 3 is 1.80 bits per heavy atom. The van der Waals surface area contributed by atoms with E-state index in [1.807, 2.05) is 74.4 Å². The first-order chi connectivity index (χ1) is 27.2. The minimum Gasteiger partial charge on any atom is -0.378 e. The maximum absolute atomic E-state index is 13.7. The van der Waals surface area contributed by atoms with Gasteiger partial charge in [-0.05, 0) is 76.4 Å². The summed E-state index contributed by atoms with van der Waals surface area (Å²) in [5, 5.41) is 3.10. The summed E-state index contributed by atoms with van der Waals surface area (Å²) in [5.41, 5.74) is 3.00. The molecule has 4 aromatic carbocycles. The van der Waals surface area contributed by atoms with Gasteiger partial charge >= 0.3 is 0 Å². The van der Waals surface area contributed by atoms with Crippen molar-refractivity contribution in [2.45, 2.75) is 6.42 Å². The smallest absolute Gasteiger partial charge is 0.261 e. The van der Waals surface area contributed by atoms with Crippen molar-refractivity contribution in [2.24, 2.45) is 0 Å². The highest BCUT2D eigenvalue weighted by Gasteiger charge is 2.34. The third-order valence-electron chi connectivity index (χ3n) is 10.6. The second-order valence-corrected chi connectivity index (χ2v) is 14.6. The van der Waals surface area contributed by atoms with Gasteiger partial charge in [0.15, 0.2) is 0 Å². The Labute approximate surface area is 327 Å². The van der Waals surface area contributed by atoms with Crippen molar-refractivity contribution in [1.29, 1.82) is 0 Å². The van der Waals surface area contributed by atoms with Crippen LogP contribution in [0.2, 0.25) is 0 Å². The molecule has 3 heterocycles. The minimum absolute atomic E-state index is 0.253. The first-order valence-electron chi connectivity index (χ1n) is 19.2. The highest BCUT2D eigenvalue weighted by molar-refractivity contribution is 6.27. The van der Waals surface area contributed by atoms with Gasteiger partial charge in [0.2, 0.25) is 0 Å². The fourth-order valence-corrected chi connectivity index (χ4v) is 7.53. The number of likely N-dealkylation sites (N-methyl/N-ethyl adjacent to an activating group) is 2. The molecule has 0 N–H and O–H groups in total. The van der Waals surface area contributed by atoms with E-state index in [9.17, 15) is 19.2 Å². The number of hydrogen-bond acceptors (Lipinski definition) is 10. The predicted molar refractivity (Wildman–Crippen MR) is 214 cm³/mol. The first kappa shape index (κ1) is 38.9. The number of aromatic nitrogens is 2. The van der Waals surface area contributed by atoms with Crippen LogP contribution in [0.5, 0.6) is 0 Å². The molecule has 292 valence electrons. The SMILES string of the molecule is CN(C)CCOCCOCCN(CCCN(C)CCN1C(=O)c2cccc3c(-n4ccnc4)ccc(c23)C1=O)CCN1C(=O)c2cccc3cccc(c23)C1=O. The van der Waals surface area contributed by atoms with E-state index >= 15 is 0 Å². The molecule has 7 rings (SSSR count). The number of hydrogen-bond donors (Lipinski definition) is 0. The molecule has 0 saturated carbocycles. The van der Waals surface area contributed by atoms with Crippen molar-refractivity contribution in [2.75, 3.05) is 99.9 Å². The van der Waals surface area contributed by atoms with Crippen LogP contribution in [0.1, 0.15) is 47.9 Å². The lowest BCUT2D eigenvalue weighted by atomic mass is 9.93. The molecule has 0 bridgehead atoms. The molecule has 0 atom stereocenters. The van der Waals surface area contributed by atoms with Gasteiger partial charge in [-0.3, -0.25) is 33.9 Å². The van der Waals surface area contributed by atoms with Gasteiger partial charge in [0, 0.05) is 90.1 Å². The van der Waals surface area contributed by atoms with Crippen molar-refractivity contribution in [1.82, 2.24) is 34.1 Å². The molecule has 0 saturated heterocycles. The fourth-order valence-electron chi connectivity index (χ4n) is 7.53. The van der Waals surface area contributed by atoms with E-state index in [1.165, 1.54) is 9.80 Å². The van der Waals surface area contributed by atoms with Crippen LogP contribution >= 0.6 is 0 Å². The molecule has 0 unspecified atom stereocenters. The van der Waals surface area contributed by atoms with Gasteiger partial charge in [0.1, 0.15) is 0 Å². The molecule has 0 fully saturated rings. The van der Waals surface area contributed by atoms with E-state index < -0.39 is 0 Å². The molecule has 4 amide bonds. The average molecular weight is 760 g/mol. The van der Waals surface area contributed by atoms with Crippen molar-refractivity contribution in [3.05, 3.63) is 108 Å². The number of carbonyl (C=O) groups excluding carboxylic acids is 4. The molecule has 1 aromatic heterocycles. The lowest BCUT2D eigenvalue weighted by Crippen LogP contribution is -2.45. The Morgan fingerprint density at radius 2 is 1.18 bits per heavy atom. The zero-order valence-electron chi connectivity index (χ0n) is 32.4. The number of imide groups is 2. The summed E-state index contributed by atoms with van der Waals surface area (Å²) in [6.07, 6.45) is 6.02. The van der Waals surface area contributed by atoms with Gasteiger partial charge < -0.3 is 23.8 Å². The maximum atomic E-state index is 13.7. The third kappa shape index (κ3) is 8.27. The van der Waals surface area contributed by atoms with E-state index in [2.05, 4.69) is 19.7 Å². The molecule has 0 radical (unpaired) electrons. The van der Waals surface area contributed by atoms with Gasteiger partial charge in [-0.15, -0.1) is 0 Å². The largest absolute Gasteiger partial charge is 0.378 e. The molecule has 2 aliphatic heterocycles. The maximum Gasteiger partial charge on any atom is 0.261 e. The van der Waals surface area contributed by atoms with Crippen molar-refractivity contribution < 1.29 is 28.7 Å². The second kappa shape index (κ2) is 17.7. The number of benzene rings is 4.